The number of hydrogen-bond acceptors (Lipinski definition) is 4. The van der Waals surface area contributed by atoms with E-state index in [2.05, 4.69) is 15.7 Å². The number of ether oxygens (including phenoxy) is 1. The Hall–Kier alpha value is -1.53. The van der Waals surface area contributed by atoms with E-state index in [0.717, 1.165) is 37.7 Å². The van der Waals surface area contributed by atoms with Gasteiger partial charge < -0.3 is 14.5 Å². The molecular formula is C12H22N4O2. The molecule has 0 saturated carbocycles. The third-order valence-corrected chi connectivity index (χ3v) is 2.29. The average Bonchev–Trinajstić information content (AvgIpc) is 2.78. The number of aliphatic imine (C=N–C) groups is 1. The van der Waals surface area contributed by atoms with Crippen molar-refractivity contribution in [3.05, 3.63) is 23.7 Å². The van der Waals surface area contributed by atoms with Crippen LogP contribution in [0, 0.1) is 6.92 Å². The van der Waals surface area contributed by atoms with Gasteiger partial charge in [-0.25, -0.2) is 10.8 Å². The van der Waals surface area contributed by atoms with E-state index in [1.54, 1.807) is 0 Å². The van der Waals surface area contributed by atoms with Crippen LogP contribution in [0.25, 0.3) is 0 Å². The predicted molar refractivity (Wildman–Crippen MR) is 71.0 cm³/mol. The van der Waals surface area contributed by atoms with Crippen LogP contribution in [-0.4, -0.2) is 25.7 Å². The Balaban J connectivity index is 2.27. The van der Waals surface area contributed by atoms with Crippen molar-refractivity contribution < 1.29 is 9.15 Å². The summed E-state index contributed by atoms with van der Waals surface area (Å²) in [6, 6.07) is 3.82. The van der Waals surface area contributed by atoms with Gasteiger partial charge in [-0.15, -0.1) is 0 Å². The van der Waals surface area contributed by atoms with Crippen LogP contribution in [0.5, 0.6) is 0 Å². The largest absolute Gasteiger partial charge is 0.464 e. The molecule has 0 fully saturated rings. The number of nitrogens with one attached hydrogen (secondary N) is 2. The van der Waals surface area contributed by atoms with Crippen LogP contribution in [-0.2, 0) is 11.3 Å². The number of aryl methyl sites for hydroxylation is 1. The Kier molecular flexibility index (Phi) is 6.90. The monoisotopic (exact) mass is 254 g/mol. The standard InChI is InChI=1S/C12H22N4O2/c1-3-17-8-4-7-14-12(16-13)15-9-11-6-5-10(2)18-11/h5-6H,3-4,7-9,13H2,1-2H3,(H2,14,15,16). The van der Waals surface area contributed by atoms with Crippen molar-refractivity contribution in [1.29, 1.82) is 0 Å². The minimum atomic E-state index is 0.464. The fraction of sp³-hybridized carbons (Fsp3) is 0.583. The lowest BCUT2D eigenvalue weighted by Crippen LogP contribution is -2.42. The zero-order chi connectivity index (χ0) is 13.2. The van der Waals surface area contributed by atoms with E-state index < -0.39 is 0 Å². The van der Waals surface area contributed by atoms with E-state index in [9.17, 15) is 0 Å². The van der Waals surface area contributed by atoms with Crippen molar-refractivity contribution in [1.82, 2.24) is 10.7 Å². The van der Waals surface area contributed by atoms with Crippen LogP contribution < -0.4 is 16.6 Å². The second kappa shape index (κ2) is 8.54. The molecule has 1 heterocycles. The maximum atomic E-state index is 5.41. The Morgan fingerprint density at radius 1 is 1.50 bits per heavy atom. The fourth-order valence-corrected chi connectivity index (χ4v) is 1.41. The molecule has 1 aromatic heterocycles. The molecule has 0 spiro atoms. The van der Waals surface area contributed by atoms with Gasteiger partial charge >= 0.3 is 0 Å². The van der Waals surface area contributed by atoms with Crippen LogP contribution in [0.15, 0.2) is 21.5 Å². The van der Waals surface area contributed by atoms with Crippen LogP contribution >= 0.6 is 0 Å². The van der Waals surface area contributed by atoms with Crippen LogP contribution in [0.1, 0.15) is 24.9 Å². The average molecular weight is 254 g/mol. The van der Waals surface area contributed by atoms with Crippen LogP contribution in [0.2, 0.25) is 0 Å². The van der Waals surface area contributed by atoms with Gasteiger partial charge in [-0.3, -0.25) is 5.43 Å². The summed E-state index contributed by atoms with van der Waals surface area (Å²) in [5.74, 6) is 7.63. The lowest BCUT2D eigenvalue weighted by Gasteiger charge is -2.08. The molecule has 102 valence electrons. The third-order valence-electron chi connectivity index (χ3n) is 2.29. The quantitative estimate of drug-likeness (QED) is 0.221. The first-order valence-electron chi connectivity index (χ1n) is 6.14. The number of hydrazine groups is 1. The van der Waals surface area contributed by atoms with E-state index in [1.165, 1.54) is 0 Å². The van der Waals surface area contributed by atoms with E-state index in [-0.39, 0.29) is 0 Å². The van der Waals surface area contributed by atoms with Crippen molar-refractivity contribution in [2.45, 2.75) is 26.8 Å². The highest BCUT2D eigenvalue weighted by molar-refractivity contribution is 5.79. The summed E-state index contributed by atoms with van der Waals surface area (Å²) >= 11 is 0. The van der Waals surface area contributed by atoms with Gasteiger partial charge in [0.1, 0.15) is 18.1 Å². The predicted octanol–water partition coefficient (Wildman–Crippen LogP) is 0.924. The summed E-state index contributed by atoms with van der Waals surface area (Å²) in [4.78, 5) is 4.28. The molecule has 6 heteroatoms. The fourth-order valence-electron chi connectivity index (χ4n) is 1.41. The van der Waals surface area contributed by atoms with Gasteiger partial charge in [-0.1, -0.05) is 0 Å². The molecule has 0 aliphatic heterocycles. The molecule has 0 radical (unpaired) electrons. The maximum absolute atomic E-state index is 5.41. The van der Waals surface area contributed by atoms with Crippen molar-refractivity contribution in [2.75, 3.05) is 19.8 Å². The first-order chi connectivity index (χ1) is 8.76. The van der Waals surface area contributed by atoms with E-state index >= 15 is 0 Å². The zero-order valence-corrected chi connectivity index (χ0v) is 11.0. The van der Waals surface area contributed by atoms with E-state index in [0.29, 0.717) is 12.5 Å². The molecule has 1 rings (SSSR count). The third kappa shape index (κ3) is 5.70. The highest BCUT2D eigenvalue weighted by Gasteiger charge is 1.99. The second-order valence-electron chi connectivity index (χ2n) is 3.80. The van der Waals surface area contributed by atoms with Crippen molar-refractivity contribution in [2.24, 2.45) is 10.8 Å². The summed E-state index contributed by atoms with van der Waals surface area (Å²) in [5, 5.41) is 3.10. The van der Waals surface area contributed by atoms with Crippen LogP contribution in [0.3, 0.4) is 0 Å². The molecule has 0 saturated heterocycles. The minimum Gasteiger partial charge on any atom is -0.464 e. The summed E-state index contributed by atoms with van der Waals surface area (Å²) < 4.78 is 10.6. The molecule has 0 unspecified atom stereocenters. The number of nitrogens with zero attached hydrogens (tertiary/aromatic N) is 1. The molecule has 4 N–H and O–H groups in total. The van der Waals surface area contributed by atoms with Gasteiger partial charge in [0.25, 0.3) is 0 Å². The van der Waals surface area contributed by atoms with Gasteiger partial charge in [0.15, 0.2) is 0 Å². The minimum absolute atomic E-state index is 0.464. The molecule has 0 aliphatic rings. The molecule has 6 nitrogen and oxygen atoms in total. The first kappa shape index (κ1) is 14.5. The van der Waals surface area contributed by atoms with Crippen LogP contribution in [0.4, 0.5) is 0 Å². The number of nitrogens with two attached hydrogens (primary N) is 1. The van der Waals surface area contributed by atoms with Crippen molar-refractivity contribution in [3.8, 4) is 0 Å². The SMILES string of the molecule is CCOCCCNC(=NCc1ccc(C)o1)NN. The lowest BCUT2D eigenvalue weighted by atomic mass is 10.4. The molecule has 0 amide bonds. The van der Waals surface area contributed by atoms with Gasteiger partial charge in [0.05, 0.1) is 0 Å². The molecule has 1 aromatic rings. The smallest absolute Gasteiger partial charge is 0.206 e. The normalized spacial score (nSPS) is 11.6. The Morgan fingerprint density at radius 3 is 2.94 bits per heavy atom. The highest BCUT2D eigenvalue weighted by atomic mass is 16.5. The summed E-state index contributed by atoms with van der Waals surface area (Å²) in [6.07, 6.45) is 0.911. The van der Waals surface area contributed by atoms with Gasteiger partial charge in [0.2, 0.25) is 5.96 Å². The molecule has 0 aromatic carbocycles. The zero-order valence-electron chi connectivity index (χ0n) is 11.0. The summed E-state index contributed by atoms with van der Waals surface area (Å²) in [5.41, 5.74) is 2.53. The van der Waals surface area contributed by atoms with Crippen molar-refractivity contribution >= 4 is 5.96 Å². The molecule has 0 atom stereocenters. The Bertz CT molecular complexity index is 363. The maximum Gasteiger partial charge on any atom is 0.206 e. The summed E-state index contributed by atoms with van der Waals surface area (Å²) in [6.45, 7) is 6.59. The van der Waals surface area contributed by atoms with Crippen molar-refractivity contribution in [3.63, 3.8) is 0 Å². The molecule has 0 aliphatic carbocycles. The second-order valence-corrected chi connectivity index (χ2v) is 3.80. The van der Waals surface area contributed by atoms with E-state index in [4.69, 9.17) is 15.0 Å². The number of guanidine groups is 1. The van der Waals surface area contributed by atoms with Gasteiger partial charge in [-0.05, 0) is 32.4 Å². The van der Waals surface area contributed by atoms with Gasteiger partial charge in [-0.2, -0.15) is 0 Å². The Labute approximate surface area is 108 Å². The van der Waals surface area contributed by atoms with Gasteiger partial charge in [0, 0.05) is 19.8 Å². The molecule has 0 bridgehead atoms. The number of hydrogen-bond donors (Lipinski definition) is 3. The number of furan rings is 1. The lowest BCUT2D eigenvalue weighted by molar-refractivity contribution is 0.145. The topological polar surface area (TPSA) is 84.8 Å². The Morgan fingerprint density at radius 2 is 2.33 bits per heavy atom. The summed E-state index contributed by atoms with van der Waals surface area (Å²) in [7, 11) is 0. The highest BCUT2D eigenvalue weighted by Crippen LogP contribution is 2.06. The van der Waals surface area contributed by atoms with E-state index in [1.807, 2.05) is 26.0 Å². The first-order valence-corrected chi connectivity index (χ1v) is 6.14. The molecular weight excluding hydrogens is 232 g/mol. The molecule has 18 heavy (non-hydrogen) atoms. The number of rotatable bonds is 7.